The molecule has 5 heteroatoms. The second-order valence-corrected chi connectivity index (χ2v) is 3.77. The van der Waals surface area contributed by atoms with Crippen LogP contribution in [0, 0.1) is 0 Å². The van der Waals surface area contributed by atoms with Crippen LogP contribution in [0.4, 0.5) is 8.78 Å². The minimum Gasteiger partial charge on any atom is -0.417 e. The minimum atomic E-state index is -2.83. The van der Waals surface area contributed by atoms with Crippen molar-refractivity contribution in [1.29, 1.82) is 0 Å². The zero-order valence-electron chi connectivity index (χ0n) is 6.88. The number of nitrogens with zero attached hydrogens (tertiary/aromatic N) is 1. The van der Waals surface area contributed by atoms with Gasteiger partial charge in [0.1, 0.15) is 0 Å². The summed E-state index contributed by atoms with van der Waals surface area (Å²) in [5.74, 6) is -0.0567. The summed E-state index contributed by atoms with van der Waals surface area (Å²) in [7, 11) is 0. The van der Waals surface area contributed by atoms with E-state index in [1.54, 1.807) is 12.1 Å². The Hall–Kier alpha value is -0.710. The van der Waals surface area contributed by atoms with Crippen LogP contribution in [0.15, 0.2) is 18.2 Å². The summed E-state index contributed by atoms with van der Waals surface area (Å²) in [5.41, 5.74) is 0.665. The molecule has 0 radical (unpaired) electrons. The van der Waals surface area contributed by atoms with E-state index in [0.29, 0.717) is 5.69 Å². The highest BCUT2D eigenvalue weighted by atomic mass is 79.9. The number of aromatic nitrogens is 1. The van der Waals surface area contributed by atoms with E-state index in [1.165, 1.54) is 6.07 Å². The van der Waals surface area contributed by atoms with Gasteiger partial charge in [-0.15, -0.1) is 0 Å². The highest BCUT2D eigenvalue weighted by Gasteiger charge is 2.07. The molecule has 0 bridgehead atoms. The van der Waals surface area contributed by atoms with Crippen molar-refractivity contribution in [3.05, 3.63) is 23.9 Å². The quantitative estimate of drug-likeness (QED) is 0.771. The molecule has 0 aliphatic heterocycles. The summed E-state index contributed by atoms with van der Waals surface area (Å²) < 4.78 is 27.7. The number of alkyl halides is 3. The molecule has 0 N–H and O–H groups in total. The Bertz CT molecular complexity index is 281. The molecule has 0 spiro atoms. The van der Waals surface area contributed by atoms with Crippen molar-refractivity contribution in [2.75, 3.05) is 0 Å². The first-order chi connectivity index (χ1) is 6.09. The zero-order valence-corrected chi connectivity index (χ0v) is 8.46. The molecule has 0 saturated carbocycles. The van der Waals surface area contributed by atoms with E-state index >= 15 is 0 Å². The molecule has 1 unspecified atom stereocenters. The van der Waals surface area contributed by atoms with Crippen LogP contribution in [-0.2, 0) is 0 Å². The standard InChI is InChI=1S/C8H8BrF2NO/c1-5(9)6-3-2-4-7(12-6)13-8(10)11/h2-5,8H,1H3. The van der Waals surface area contributed by atoms with Crippen LogP contribution < -0.4 is 4.74 Å². The molecular weight excluding hydrogens is 244 g/mol. The average molecular weight is 252 g/mol. The monoisotopic (exact) mass is 251 g/mol. The Labute approximate surface area is 83.1 Å². The number of pyridine rings is 1. The van der Waals surface area contributed by atoms with Gasteiger partial charge >= 0.3 is 6.61 Å². The molecule has 1 aromatic heterocycles. The fourth-order valence-electron chi connectivity index (χ4n) is 0.809. The highest BCUT2D eigenvalue weighted by Crippen LogP contribution is 2.21. The number of halogens is 3. The van der Waals surface area contributed by atoms with Gasteiger partial charge in [0.2, 0.25) is 5.88 Å². The van der Waals surface area contributed by atoms with Gasteiger partial charge in [-0.2, -0.15) is 8.78 Å². The van der Waals surface area contributed by atoms with Gasteiger partial charge in [0.15, 0.2) is 0 Å². The Morgan fingerprint density at radius 2 is 2.15 bits per heavy atom. The van der Waals surface area contributed by atoms with Crippen molar-refractivity contribution >= 4 is 15.9 Å². The lowest BCUT2D eigenvalue weighted by Crippen LogP contribution is -2.04. The van der Waals surface area contributed by atoms with E-state index in [9.17, 15) is 8.78 Å². The third kappa shape index (κ3) is 3.26. The molecule has 0 amide bonds. The molecule has 0 aromatic carbocycles. The Kier molecular flexibility index (Phi) is 3.59. The number of hydrogen-bond donors (Lipinski definition) is 0. The van der Waals surface area contributed by atoms with Gasteiger partial charge in [-0.05, 0) is 13.0 Å². The molecule has 0 saturated heterocycles. The summed E-state index contributed by atoms with van der Waals surface area (Å²) in [4.78, 5) is 3.89. The number of hydrogen-bond acceptors (Lipinski definition) is 2. The van der Waals surface area contributed by atoms with Crippen LogP contribution in [0.5, 0.6) is 5.88 Å². The molecule has 1 heterocycles. The van der Waals surface area contributed by atoms with Crippen molar-refractivity contribution in [3.63, 3.8) is 0 Å². The van der Waals surface area contributed by atoms with E-state index in [4.69, 9.17) is 0 Å². The number of ether oxygens (including phenoxy) is 1. The predicted octanol–water partition coefficient (Wildman–Crippen LogP) is 3.14. The Morgan fingerprint density at radius 3 is 2.69 bits per heavy atom. The molecule has 13 heavy (non-hydrogen) atoms. The maximum atomic E-state index is 11.8. The van der Waals surface area contributed by atoms with Crippen LogP contribution in [-0.4, -0.2) is 11.6 Å². The van der Waals surface area contributed by atoms with Gasteiger partial charge < -0.3 is 4.74 Å². The third-order valence-electron chi connectivity index (χ3n) is 1.36. The molecule has 1 rings (SSSR count). The van der Waals surface area contributed by atoms with E-state index in [2.05, 4.69) is 25.7 Å². The van der Waals surface area contributed by atoms with Gasteiger partial charge in [0, 0.05) is 6.07 Å². The lowest BCUT2D eigenvalue weighted by atomic mass is 10.3. The third-order valence-corrected chi connectivity index (χ3v) is 1.83. The van der Waals surface area contributed by atoms with Gasteiger partial charge in [0.05, 0.1) is 10.5 Å². The van der Waals surface area contributed by atoms with Crippen LogP contribution in [0.2, 0.25) is 0 Å². The topological polar surface area (TPSA) is 22.1 Å². The molecule has 1 atom stereocenters. The molecule has 0 aliphatic carbocycles. The second kappa shape index (κ2) is 4.50. The molecule has 0 fully saturated rings. The van der Waals surface area contributed by atoms with E-state index < -0.39 is 6.61 Å². The molecule has 0 aliphatic rings. The fraction of sp³-hybridized carbons (Fsp3) is 0.375. The van der Waals surface area contributed by atoms with Gasteiger partial charge in [0.25, 0.3) is 0 Å². The summed E-state index contributed by atoms with van der Waals surface area (Å²) in [6.07, 6.45) is 0. The largest absolute Gasteiger partial charge is 0.417 e. The Morgan fingerprint density at radius 1 is 1.46 bits per heavy atom. The average Bonchev–Trinajstić information content (AvgIpc) is 2.03. The molecule has 2 nitrogen and oxygen atoms in total. The molecule has 1 aromatic rings. The maximum Gasteiger partial charge on any atom is 0.388 e. The lowest BCUT2D eigenvalue weighted by molar-refractivity contribution is -0.0529. The van der Waals surface area contributed by atoms with Crippen LogP contribution in [0.1, 0.15) is 17.4 Å². The first-order valence-corrected chi connectivity index (χ1v) is 4.57. The molecular formula is C8H8BrF2NO. The highest BCUT2D eigenvalue weighted by molar-refractivity contribution is 9.09. The first kappa shape index (κ1) is 10.4. The summed E-state index contributed by atoms with van der Waals surface area (Å²) >= 11 is 3.28. The molecule has 72 valence electrons. The first-order valence-electron chi connectivity index (χ1n) is 3.65. The normalized spacial score (nSPS) is 13.0. The second-order valence-electron chi connectivity index (χ2n) is 2.40. The van der Waals surface area contributed by atoms with E-state index in [-0.39, 0.29) is 10.7 Å². The van der Waals surface area contributed by atoms with Crippen LogP contribution >= 0.6 is 15.9 Å². The smallest absolute Gasteiger partial charge is 0.388 e. The van der Waals surface area contributed by atoms with Crippen molar-refractivity contribution in [3.8, 4) is 5.88 Å². The minimum absolute atomic E-state index is 0.0220. The summed E-state index contributed by atoms with van der Waals surface area (Å²) in [6.45, 7) is -0.970. The number of rotatable bonds is 3. The Balaban J connectivity index is 2.79. The maximum absolute atomic E-state index is 11.8. The van der Waals surface area contributed by atoms with Crippen molar-refractivity contribution in [2.24, 2.45) is 0 Å². The van der Waals surface area contributed by atoms with Crippen molar-refractivity contribution < 1.29 is 13.5 Å². The fourth-order valence-corrected chi connectivity index (χ4v) is 1.06. The van der Waals surface area contributed by atoms with Crippen molar-refractivity contribution in [2.45, 2.75) is 18.4 Å². The zero-order chi connectivity index (χ0) is 9.84. The van der Waals surface area contributed by atoms with Gasteiger partial charge in [-0.1, -0.05) is 22.0 Å². The van der Waals surface area contributed by atoms with E-state index in [0.717, 1.165) is 0 Å². The van der Waals surface area contributed by atoms with Crippen LogP contribution in [0.3, 0.4) is 0 Å². The predicted molar refractivity (Wildman–Crippen MR) is 48.2 cm³/mol. The summed E-state index contributed by atoms with van der Waals surface area (Å²) in [6, 6.07) is 4.75. The van der Waals surface area contributed by atoms with E-state index in [1.807, 2.05) is 6.92 Å². The lowest BCUT2D eigenvalue weighted by Gasteiger charge is -2.06. The van der Waals surface area contributed by atoms with Gasteiger partial charge in [-0.25, -0.2) is 4.98 Å². The van der Waals surface area contributed by atoms with Crippen LogP contribution in [0.25, 0.3) is 0 Å². The van der Waals surface area contributed by atoms with Crippen molar-refractivity contribution in [1.82, 2.24) is 4.98 Å². The van der Waals surface area contributed by atoms with Gasteiger partial charge in [-0.3, -0.25) is 0 Å². The SMILES string of the molecule is CC(Br)c1cccc(OC(F)F)n1. The summed E-state index contributed by atoms with van der Waals surface area (Å²) in [5, 5.41) is 0.